The molecule has 0 saturated carbocycles. The number of aliphatic hydroxyl groups is 1. The van der Waals surface area contributed by atoms with Crippen molar-refractivity contribution in [3.8, 4) is 11.8 Å². The molecule has 230 valence electrons. The molecule has 3 rings (SSSR count). The van der Waals surface area contributed by atoms with Gasteiger partial charge in [0.1, 0.15) is 12.2 Å². The van der Waals surface area contributed by atoms with Gasteiger partial charge in [-0.2, -0.15) is 0 Å². The van der Waals surface area contributed by atoms with Crippen molar-refractivity contribution in [3.05, 3.63) is 60.7 Å². The van der Waals surface area contributed by atoms with E-state index in [-0.39, 0.29) is 29.6 Å². The Balaban J connectivity index is 1.80. The van der Waals surface area contributed by atoms with Crippen LogP contribution in [0.2, 0.25) is 5.04 Å². The second-order valence-corrected chi connectivity index (χ2v) is 18.1. The smallest absolute Gasteiger partial charge is 0.311 e. The minimum atomic E-state index is -2.74. The highest BCUT2D eigenvalue weighted by atomic mass is 28.4. The molecule has 0 aromatic heterocycles. The Morgan fingerprint density at radius 1 is 0.929 bits per heavy atom. The lowest BCUT2D eigenvalue weighted by Crippen LogP contribution is -2.67. The molecule has 5 atom stereocenters. The number of ether oxygens (including phenoxy) is 3. The summed E-state index contributed by atoms with van der Waals surface area (Å²) in [5, 5.41) is 13.4. The SMILES string of the molecule is C[C@H](C#CC(O)[C@H]1OC(C)(C)O[C@H]1CCOC(=O)C(C)(C)C)[C@@H](C)O[Si](c1ccccc1)(c1ccccc1)C(C)(C)C. The van der Waals surface area contributed by atoms with Crippen LogP contribution in [0.15, 0.2) is 60.7 Å². The van der Waals surface area contributed by atoms with E-state index in [4.69, 9.17) is 18.6 Å². The van der Waals surface area contributed by atoms with Gasteiger partial charge in [0.25, 0.3) is 8.32 Å². The summed E-state index contributed by atoms with van der Waals surface area (Å²) in [5.41, 5.74) is -0.583. The average molecular weight is 595 g/mol. The second kappa shape index (κ2) is 13.4. The molecule has 1 aliphatic heterocycles. The fourth-order valence-corrected chi connectivity index (χ4v) is 10.1. The summed E-state index contributed by atoms with van der Waals surface area (Å²) in [6.07, 6.45) is -2.00. The van der Waals surface area contributed by atoms with Gasteiger partial charge in [-0.1, -0.05) is 93.3 Å². The van der Waals surface area contributed by atoms with E-state index in [1.54, 1.807) is 0 Å². The molecule has 0 radical (unpaired) electrons. The van der Waals surface area contributed by atoms with Gasteiger partial charge in [-0.3, -0.25) is 4.79 Å². The molecule has 0 aliphatic carbocycles. The van der Waals surface area contributed by atoms with E-state index < -0.39 is 37.8 Å². The summed E-state index contributed by atoms with van der Waals surface area (Å²) in [6, 6.07) is 21.1. The van der Waals surface area contributed by atoms with Gasteiger partial charge >= 0.3 is 5.97 Å². The minimum absolute atomic E-state index is 0.152. The van der Waals surface area contributed by atoms with Crippen molar-refractivity contribution < 1.29 is 28.5 Å². The Morgan fingerprint density at radius 2 is 1.45 bits per heavy atom. The molecule has 6 nitrogen and oxygen atoms in total. The van der Waals surface area contributed by atoms with Crippen LogP contribution in [0, 0.1) is 23.2 Å². The van der Waals surface area contributed by atoms with Crippen LogP contribution in [0.1, 0.15) is 75.7 Å². The summed E-state index contributed by atoms with van der Waals surface area (Å²) >= 11 is 0. The first-order chi connectivity index (χ1) is 19.5. The standard InChI is InChI=1S/C35H50O6Si/c1-25(21-22-29(36)31-30(39-35(9,10)40-31)23-24-38-32(37)33(3,4)5)26(2)41-42(34(6,7)8,27-17-13-11-14-18-27)28-19-15-12-16-20-28/h11-20,25-26,29-31,36H,23-24H2,1-10H3/t25-,26-,29?,30+,31-/m1/s1. The first-order valence-corrected chi connectivity index (χ1v) is 16.9. The zero-order chi connectivity index (χ0) is 31.3. The number of carbonyl (C=O) groups is 1. The molecule has 2 aromatic carbocycles. The van der Waals surface area contributed by atoms with Crippen molar-refractivity contribution in [2.75, 3.05) is 6.61 Å². The quantitative estimate of drug-likeness (QED) is 0.236. The van der Waals surface area contributed by atoms with E-state index in [2.05, 4.69) is 88.1 Å². The molecule has 7 heteroatoms. The number of carbonyl (C=O) groups excluding carboxylic acids is 1. The lowest BCUT2D eigenvalue weighted by Gasteiger charge is -2.45. The zero-order valence-electron chi connectivity index (χ0n) is 27.1. The third-order valence-electron chi connectivity index (χ3n) is 7.72. The van der Waals surface area contributed by atoms with Crippen molar-refractivity contribution in [2.45, 2.75) is 111 Å². The van der Waals surface area contributed by atoms with Crippen LogP contribution in [0.3, 0.4) is 0 Å². The van der Waals surface area contributed by atoms with Gasteiger partial charge in [0.05, 0.1) is 24.2 Å². The topological polar surface area (TPSA) is 74.2 Å². The Morgan fingerprint density at radius 3 is 1.93 bits per heavy atom. The van der Waals surface area contributed by atoms with Crippen molar-refractivity contribution in [1.29, 1.82) is 0 Å². The largest absolute Gasteiger partial charge is 0.465 e. The molecule has 0 amide bonds. The number of aliphatic hydroxyl groups excluding tert-OH is 1. The molecule has 42 heavy (non-hydrogen) atoms. The third-order valence-corrected chi connectivity index (χ3v) is 12.9. The van der Waals surface area contributed by atoms with E-state index in [9.17, 15) is 9.90 Å². The van der Waals surface area contributed by atoms with Crippen LogP contribution < -0.4 is 10.4 Å². The van der Waals surface area contributed by atoms with Crippen LogP contribution in [0.5, 0.6) is 0 Å². The van der Waals surface area contributed by atoms with Gasteiger partial charge in [-0.25, -0.2) is 0 Å². The second-order valence-electron chi connectivity index (χ2n) is 13.8. The van der Waals surface area contributed by atoms with E-state index in [1.807, 2.05) is 53.7 Å². The summed E-state index contributed by atoms with van der Waals surface area (Å²) in [6.45, 7) is 20.1. The highest BCUT2D eigenvalue weighted by molar-refractivity contribution is 6.99. The molecule has 0 spiro atoms. The average Bonchev–Trinajstić information content (AvgIpc) is 3.23. The van der Waals surface area contributed by atoms with Crippen molar-refractivity contribution in [3.63, 3.8) is 0 Å². The Hall–Kier alpha value is -2.47. The van der Waals surface area contributed by atoms with Gasteiger partial charge < -0.3 is 23.7 Å². The Bertz CT molecular complexity index is 1180. The predicted molar refractivity (Wildman–Crippen MR) is 170 cm³/mol. The molecular weight excluding hydrogens is 544 g/mol. The monoisotopic (exact) mass is 594 g/mol. The summed E-state index contributed by atoms with van der Waals surface area (Å²) in [5.74, 6) is 4.96. The molecule has 1 fully saturated rings. The number of benzene rings is 2. The van der Waals surface area contributed by atoms with Crippen molar-refractivity contribution in [2.24, 2.45) is 11.3 Å². The van der Waals surface area contributed by atoms with Gasteiger partial charge in [-0.05, 0) is 63.9 Å². The van der Waals surface area contributed by atoms with E-state index >= 15 is 0 Å². The highest BCUT2D eigenvalue weighted by Gasteiger charge is 2.51. The maximum Gasteiger partial charge on any atom is 0.311 e. The maximum absolute atomic E-state index is 12.2. The van der Waals surface area contributed by atoms with Crippen LogP contribution in [0.25, 0.3) is 0 Å². The maximum atomic E-state index is 12.2. The van der Waals surface area contributed by atoms with Crippen molar-refractivity contribution in [1.82, 2.24) is 0 Å². The van der Waals surface area contributed by atoms with Gasteiger partial charge in [0.2, 0.25) is 0 Å². The summed E-state index contributed by atoms with van der Waals surface area (Å²) < 4.78 is 24.7. The normalized spacial score (nSPS) is 21.1. The number of esters is 1. The highest BCUT2D eigenvalue weighted by Crippen LogP contribution is 2.38. The fraction of sp³-hybridized carbons (Fsp3) is 0.571. The fourth-order valence-electron chi connectivity index (χ4n) is 5.33. The van der Waals surface area contributed by atoms with Gasteiger partial charge in [0.15, 0.2) is 5.79 Å². The molecule has 1 saturated heterocycles. The van der Waals surface area contributed by atoms with Crippen LogP contribution in [-0.4, -0.2) is 56.2 Å². The zero-order valence-corrected chi connectivity index (χ0v) is 28.1. The lowest BCUT2D eigenvalue weighted by atomic mass is 9.97. The van der Waals surface area contributed by atoms with E-state index in [0.717, 1.165) is 0 Å². The summed E-state index contributed by atoms with van der Waals surface area (Å²) in [4.78, 5) is 12.2. The van der Waals surface area contributed by atoms with Gasteiger partial charge in [-0.15, -0.1) is 0 Å². The molecule has 2 aromatic rings. The summed E-state index contributed by atoms with van der Waals surface area (Å²) in [7, 11) is -2.74. The molecular formula is C35H50O6Si. The lowest BCUT2D eigenvalue weighted by molar-refractivity contribution is -0.157. The van der Waals surface area contributed by atoms with Crippen LogP contribution in [0.4, 0.5) is 0 Å². The molecule has 1 heterocycles. The van der Waals surface area contributed by atoms with E-state index in [0.29, 0.717) is 6.42 Å². The first-order valence-electron chi connectivity index (χ1n) is 15.0. The Labute approximate surface area is 254 Å². The van der Waals surface area contributed by atoms with Crippen LogP contribution >= 0.6 is 0 Å². The van der Waals surface area contributed by atoms with Crippen LogP contribution in [-0.2, 0) is 23.4 Å². The van der Waals surface area contributed by atoms with E-state index in [1.165, 1.54) is 10.4 Å². The number of hydrogen-bond donors (Lipinski definition) is 1. The first kappa shape index (κ1) is 34.0. The number of rotatable bonds is 9. The van der Waals surface area contributed by atoms with Gasteiger partial charge in [0, 0.05) is 12.3 Å². The third kappa shape index (κ3) is 8.12. The molecule has 1 N–H and O–H groups in total. The molecule has 1 aliphatic rings. The molecule has 0 bridgehead atoms. The minimum Gasteiger partial charge on any atom is -0.465 e. The molecule has 1 unspecified atom stereocenters. The van der Waals surface area contributed by atoms with Crippen molar-refractivity contribution >= 4 is 24.7 Å². The number of hydrogen-bond acceptors (Lipinski definition) is 6. The predicted octanol–water partition coefficient (Wildman–Crippen LogP) is 5.45. The Kier molecular flexibility index (Phi) is 10.9.